The Bertz CT molecular complexity index is 1680. The molecule has 37 heavy (non-hydrogen) atoms. The first-order valence-corrected chi connectivity index (χ1v) is 12.0. The van der Waals surface area contributed by atoms with Gasteiger partial charge in [0.25, 0.3) is 0 Å². The Labute approximate surface area is 213 Å². The van der Waals surface area contributed by atoms with Crippen molar-refractivity contribution >= 4 is 45.4 Å². The number of hydrogen-bond acceptors (Lipinski definition) is 5. The van der Waals surface area contributed by atoms with Gasteiger partial charge in [-0.3, -0.25) is 9.59 Å². The van der Waals surface area contributed by atoms with E-state index in [0.29, 0.717) is 5.57 Å². The Morgan fingerprint density at radius 1 is 0.838 bits per heavy atom. The standard InChI is InChI=1S/C31H24N2O4/c1-36-29(34)31(30(35)37-2)25(16-20-10-4-3-5-11-20)23-14-8-9-15-24(23)28(31)33-19-32-26-17-21-12-6-7-13-22(21)18-27(26)33/h3-19,28H,1-2H3/b25-16-. The van der Waals surface area contributed by atoms with Crippen LogP contribution in [0.25, 0.3) is 33.5 Å². The summed E-state index contributed by atoms with van der Waals surface area (Å²) in [7, 11) is 2.60. The first-order valence-electron chi connectivity index (χ1n) is 12.0. The molecule has 5 aromatic rings. The third kappa shape index (κ3) is 3.29. The van der Waals surface area contributed by atoms with Crippen molar-refractivity contribution in [2.75, 3.05) is 14.2 Å². The molecule has 0 saturated carbocycles. The quantitative estimate of drug-likeness (QED) is 0.241. The topological polar surface area (TPSA) is 70.4 Å². The zero-order valence-corrected chi connectivity index (χ0v) is 20.4. The van der Waals surface area contributed by atoms with Crippen molar-refractivity contribution in [1.29, 1.82) is 0 Å². The molecule has 0 spiro atoms. The summed E-state index contributed by atoms with van der Waals surface area (Å²) in [6, 6.07) is 28.6. The van der Waals surface area contributed by atoms with Crippen LogP contribution in [0.3, 0.4) is 0 Å². The highest BCUT2D eigenvalue weighted by Gasteiger charge is 2.63. The maximum atomic E-state index is 13.9. The maximum Gasteiger partial charge on any atom is 0.330 e. The molecule has 6 heteroatoms. The van der Waals surface area contributed by atoms with Crippen molar-refractivity contribution in [3.63, 3.8) is 0 Å². The normalized spacial score (nSPS) is 17.1. The number of aromatic nitrogens is 2. The zero-order chi connectivity index (χ0) is 25.6. The molecule has 1 aliphatic rings. The number of carbonyl (C=O) groups excluding carboxylic acids is 2. The Kier molecular flexibility index (Phi) is 5.37. The van der Waals surface area contributed by atoms with Gasteiger partial charge in [-0.25, -0.2) is 4.98 Å². The number of fused-ring (bicyclic) bond motifs is 3. The molecule has 0 aliphatic heterocycles. The number of esters is 2. The van der Waals surface area contributed by atoms with Gasteiger partial charge in [0.05, 0.1) is 37.6 Å². The summed E-state index contributed by atoms with van der Waals surface area (Å²) < 4.78 is 12.6. The molecule has 0 fully saturated rings. The monoisotopic (exact) mass is 488 g/mol. The Hall–Kier alpha value is -4.71. The van der Waals surface area contributed by atoms with Crippen LogP contribution in [0.2, 0.25) is 0 Å². The third-order valence-corrected chi connectivity index (χ3v) is 7.23. The fourth-order valence-electron chi connectivity index (χ4n) is 5.61. The second kappa shape index (κ2) is 8.75. The van der Waals surface area contributed by atoms with Gasteiger partial charge in [0.2, 0.25) is 5.41 Å². The minimum Gasteiger partial charge on any atom is -0.468 e. The SMILES string of the molecule is COC(=O)C1(C(=O)OC)/C(=C\c2ccccc2)c2ccccc2C1n1cnc2cc3ccccc3cc21. The molecule has 1 atom stereocenters. The highest BCUT2D eigenvalue weighted by molar-refractivity contribution is 6.18. The molecule has 1 aromatic heterocycles. The van der Waals surface area contributed by atoms with E-state index in [-0.39, 0.29) is 0 Å². The van der Waals surface area contributed by atoms with Crippen molar-refractivity contribution in [3.8, 4) is 0 Å². The average molecular weight is 489 g/mol. The van der Waals surface area contributed by atoms with Crippen LogP contribution in [0.15, 0.2) is 97.3 Å². The molecule has 0 N–H and O–H groups in total. The van der Waals surface area contributed by atoms with Crippen LogP contribution < -0.4 is 0 Å². The number of imidazole rings is 1. The number of methoxy groups -OCH3 is 2. The molecule has 4 aromatic carbocycles. The van der Waals surface area contributed by atoms with Gasteiger partial charge in [0, 0.05) is 0 Å². The van der Waals surface area contributed by atoms with Gasteiger partial charge < -0.3 is 14.0 Å². The van der Waals surface area contributed by atoms with E-state index >= 15 is 0 Å². The Morgan fingerprint density at radius 2 is 1.46 bits per heavy atom. The summed E-state index contributed by atoms with van der Waals surface area (Å²) in [4.78, 5) is 32.4. The van der Waals surface area contributed by atoms with Gasteiger partial charge in [-0.05, 0) is 51.2 Å². The summed E-state index contributed by atoms with van der Waals surface area (Å²) in [5.74, 6) is -1.38. The maximum absolute atomic E-state index is 13.9. The molecular formula is C31H24N2O4. The molecule has 1 heterocycles. The molecule has 0 saturated heterocycles. The average Bonchev–Trinajstić information content (AvgIpc) is 3.47. The van der Waals surface area contributed by atoms with E-state index in [4.69, 9.17) is 9.47 Å². The molecule has 1 unspecified atom stereocenters. The van der Waals surface area contributed by atoms with Crippen molar-refractivity contribution in [1.82, 2.24) is 9.55 Å². The van der Waals surface area contributed by atoms with Crippen LogP contribution in [-0.2, 0) is 19.1 Å². The minimum absolute atomic E-state index is 0.528. The van der Waals surface area contributed by atoms with Crippen molar-refractivity contribution in [3.05, 3.63) is 114 Å². The van der Waals surface area contributed by atoms with Gasteiger partial charge in [0.15, 0.2) is 0 Å². The summed E-state index contributed by atoms with van der Waals surface area (Å²) in [5.41, 5.74) is 2.76. The first kappa shape index (κ1) is 22.7. The zero-order valence-electron chi connectivity index (χ0n) is 20.4. The summed E-state index contributed by atoms with van der Waals surface area (Å²) >= 11 is 0. The van der Waals surface area contributed by atoms with Crippen LogP contribution in [0.5, 0.6) is 0 Å². The molecule has 0 radical (unpaired) electrons. The molecule has 0 amide bonds. The largest absolute Gasteiger partial charge is 0.468 e. The van der Waals surface area contributed by atoms with E-state index in [1.165, 1.54) is 14.2 Å². The lowest BCUT2D eigenvalue weighted by molar-refractivity contribution is -0.165. The van der Waals surface area contributed by atoms with Crippen molar-refractivity contribution < 1.29 is 19.1 Å². The van der Waals surface area contributed by atoms with E-state index in [1.807, 2.05) is 102 Å². The van der Waals surface area contributed by atoms with Crippen LogP contribution in [0.1, 0.15) is 22.7 Å². The van der Waals surface area contributed by atoms with Crippen molar-refractivity contribution in [2.45, 2.75) is 6.04 Å². The van der Waals surface area contributed by atoms with Gasteiger partial charge >= 0.3 is 11.9 Å². The van der Waals surface area contributed by atoms with Gasteiger partial charge in [-0.15, -0.1) is 0 Å². The smallest absolute Gasteiger partial charge is 0.330 e. The minimum atomic E-state index is -1.79. The summed E-state index contributed by atoms with van der Waals surface area (Å²) in [6.45, 7) is 0. The molecule has 6 nitrogen and oxygen atoms in total. The second-order valence-corrected chi connectivity index (χ2v) is 9.09. The van der Waals surface area contributed by atoms with E-state index in [2.05, 4.69) is 4.98 Å². The molecule has 0 bridgehead atoms. The first-order chi connectivity index (χ1) is 18.1. The molecular weight excluding hydrogens is 464 g/mol. The lowest BCUT2D eigenvalue weighted by Crippen LogP contribution is -2.46. The number of ether oxygens (including phenoxy) is 2. The number of carbonyl (C=O) groups is 2. The number of hydrogen-bond donors (Lipinski definition) is 0. The Morgan fingerprint density at radius 3 is 2.16 bits per heavy atom. The van der Waals surface area contributed by atoms with Gasteiger partial charge in [0.1, 0.15) is 0 Å². The lowest BCUT2D eigenvalue weighted by Gasteiger charge is -2.32. The van der Waals surface area contributed by atoms with Crippen LogP contribution in [0, 0.1) is 5.41 Å². The van der Waals surface area contributed by atoms with Crippen molar-refractivity contribution in [2.24, 2.45) is 5.41 Å². The van der Waals surface area contributed by atoms with Gasteiger partial charge in [-0.2, -0.15) is 0 Å². The predicted molar refractivity (Wildman–Crippen MR) is 143 cm³/mol. The Balaban J connectivity index is 1.71. The highest BCUT2D eigenvalue weighted by atomic mass is 16.5. The summed E-state index contributed by atoms with van der Waals surface area (Å²) in [5, 5.41) is 2.09. The van der Waals surface area contributed by atoms with E-state index in [1.54, 1.807) is 6.33 Å². The number of rotatable bonds is 4. The summed E-state index contributed by atoms with van der Waals surface area (Å²) in [6.07, 6.45) is 3.57. The van der Waals surface area contributed by atoms with E-state index < -0.39 is 23.4 Å². The third-order valence-electron chi connectivity index (χ3n) is 7.23. The van der Waals surface area contributed by atoms with E-state index in [9.17, 15) is 9.59 Å². The number of benzene rings is 4. The van der Waals surface area contributed by atoms with E-state index in [0.717, 1.165) is 38.5 Å². The molecule has 182 valence electrons. The molecule has 6 rings (SSSR count). The fraction of sp³-hybridized carbons (Fsp3) is 0.129. The fourth-order valence-corrected chi connectivity index (χ4v) is 5.61. The van der Waals surface area contributed by atoms with Crippen LogP contribution >= 0.6 is 0 Å². The predicted octanol–water partition coefficient (Wildman–Crippen LogP) is 5.67. The van der Waals surface area contributed by atoms with Crippen LogP contribution in [-0.4, -0.2) is 35.7 Å². The second-order valence-electron chi connectivity index (χ2n) is 9.09. The molecule has 1 aliphatic carbocycles. The highest BCUT2D eigenvalue weighted by Crippen LogP contribution is 2.58. The lowest BCUT2D eigenvalue weighted by atomic mass is 9.76. The van der Waals surface area contributed by atoms with Crippen LogP contribution in [0.4, 0.5) is 0 Å². The number of nitrogens with zero attached hydrogens (tertiary/aromatic N) is 2. The van der Waals surface area contributed by atoms with Gasteiger partial charge in [-0.1, -0.05) is 78.9 Å².